The van der Waals surface area contributed by atoms with Crippen molar-refractivity contribution >= 4 is 5.91 Å². The molecule has 0 aliphatic carbocycles. The fourth-order valence-corrected chi connectivity index (χ4v) is 3.33. The van der Waals surface area contributed by atoms with Crippen LogP contribution < -0.4 is 0 Å². The highest BCUT2D eigenvalue weighted by Gasteiger charge is 2.38. The summed E-state index contributed by atoms with van der Waals surface area (Å²) in [5.41, 5.74) is 0.398. The summed E-state index contributed by atoms with van der Waals surface area (Å²) < 4.78 is 11.2. The molecule has 1 N–H and O–H groups in total. The van der Waals surface area contributed by atoms with Gasteiger partial charge in [0.05, 0.1) is 39.5 Å². The number of carbonyl (C=O) groups is 1. The maximum absolute atomic E-state index is 12.6. The summed E-state index contributed by atoms with van der Waals surface area (Å²) in [5, 5.41) is 9.93. The quantitative estimate of drug-likeness (QED) is 0.831. The number of morpholine rings is 2. The third kappa shape index (κ3) is 4.33. The normalized spacial score (nSPS) is 25.6. The number of carbonyl (C=O) groups excluding carboxylic acids is 1. The molecule has 2 saturated heterocycles. The van der Waals surface area contributed by atoms with Crippen molar-refractivity contribution in [1.29, 1.82) is 0 Å². The first-order chi connectivity index (χ1) is 11.7. The molecular formula is C18H26N2O4. The first-order valence-electron chi connectivity index (χ1n) is 8.57. The average molecular weight is 334 g/mol. The van der Waals surface area contributed by atoms with Crippen LogP contribution >= 0.6 is 0 Å². The van der Waals surface area contributed by atoms with Gasteiger partial charge in [-0.05, 0) is 5.56 Å². The number of nitrogens with zero attached hydrogens (tertiary/aromatic N) is 2. The van der Waals surface area contributed by atoms with Crippen molar-refractivity contribution in [2.24, 2.45) is 0 Å². The topological polar surface area (TPSA) is 62.2 Å². The third-order valence-electron chi connectivity index (χ3n) is 4.72. The predicted molar refractivity (Wildman–Crippen MR) is 89.8 cm³/mol. The summed E-state index contributed by atoms with van der Waals surface area (Å²) in [7, 11) is 0. The molecule has 132 valence electrons. The fourth-order valence-electron chi connectivity index (χ4n) is 3.33. The molecule has 2 heterocycles. The van der Waals surface area contributed by atoms with Crippen molar-refractivity contribution in [2.75, 3.05) is 59.2 Å². The molecule has 1 aromatic carbocycles. The van der Waals surface area contributed by atoms with Crippen LogP contribution in [0.2, 0.25) is 0 Å². The van der Waals surface area contributed by atoms with Crippen LogP contribution in [0.3, 0.4) is 0 Å². The van der Waals surface area contributed by atoms with Crippen LogP contribution in [0.4, 0.5) is 0 Å². The van der Waals surface area contributed by atoms with Crippen LogP contribution in [0.5, 0.6) is 0 Å². The maximum atomic E-state index is 12.6. The molecule has 2 aliphatic heterocycles. The second-order valence-corrected chi connectivity index (χ2v) is 6.56. The first kappa shape index (κ1) is 17.4. The molecule has 3 rings (SSSR count). The Morgan fingerprint density at radius 2 is 1.88 bits per heavy atom. The molecule has 6 heteroatoms. The smallest absolute Gasteiger partial charge is 0.236 e. The Labute approximate surface area is 143 Å². The van der Waals surface area contributed by atoms with Crippen molar-refractivity contribution in [3.05, 3.63) is 35.9 Å². The van der Waals surface area contributed by atoms with E-state index < -0.39 is 5.60 Å². The molecule has 1 atom stereocenters. The zero-order valence-corrected chi connectivity index (χ0v) is 14.0. The zero-order valence-electron chi connectivity index (χ0n) is 14.0. The molecule has 6 nitrogen and oxygen atoms in total. The molecule has 0 bridgehead atoms. The van der Waals surface area contributed by atoms with Crippen molar-refractivity contribution in [1.82, 2.24) is 9.80 Å². The number of aliphatic hydroxyl groups is 1. The van der Waals surface area contributed by atoms with Gasteiger partial charge < -0.3 is 19.5 Å². The van der Waals surface area contributed by atoms with Gasteiger partial charge in [-0.2, -0.15) is 0 Å². The Morgan fingerprint density at radius 3 is 2.58 bits per heavy atom. The highest BCUT2D eigenvalue weighted by atomic mass is 16.5. The van der Waals surface area contributed by atoms with Crippen molar-refractivity contribution in [2.45, 2.75) is 12.0 Å². The summed E-state index contributed by atoms with van der Waals surface area (Å²) in [6.07, 6.45) is 0.603. The second-order valence-electron chi connectivity index (χ2n) is 6.56. The summed E-state index contributed by atoms with van der Waals surface area (Å²) in [6, 6.07) is 9.97. The monoisotopic (exact) mass is 334 g/mol. The van der Waals surface area contributed by atoms with Gasteiger partial charge in [-0.3, -0.25) is 9.69 Å². The van der Waals surface area contributed by atoms with E-state index in [1.807, 2.05) is 35.2 Å². The van der Waals surface area contributed by atoms with Gasteiger partial charge in [0.2, 0.25) is 5.91 Å². The van der Waals surface area contributed by atoms with E-state index in [1.165, 1.54) is 0 Å². The minimum atomic E-state index is -0.708. The molecule has 1 amide bonds. The van der Waals surface area contributed by atoms with E-state index in [1.54, 1.807) is 0 Å². The fraction of sp³-hybridized carbons (Fsp3) is 0.611. The predicted octanol–water partition coefficient (Wildman–Crippen LogP) is 0.151. The molecule has 0 spiro atoms. The summed E-state index contributed by atoms with van der Waals surface area (Å²) in [4.78, 5) is 16.6. The van der Waals surface area contributed by atoms with Crippen molar-refractivity contribution in [3.63, 3.8) is 0 Å². The summed E-state index contributed by atoms with van der Waals surface area (Å²) >= 11 is 0. The number of aliphatic hydroxyl groups excluding tert-OH is 1. The van der Waals surface area contributed by atoms with Gasteiger partial charge in [-0.25, -0.2) is 0 Å². The minimum Gasteiger partial charge on any atom is -0.393 e. The van der Waals surface area contributed by atoms with Crippen LogP contribution in [0.1, 0.15) is 5.56 Å². The van der Waals surface area contributed by atoms with Crippen molar-refractivity contribution < 1.29 is 19.4 Å². The first-order valence-corrected chi connectivity index (χ1v) is 8.57. The molecule has 2 fully saturated rings. The molecule has 1 unspecified atom stereocenters. The van der Waals surface area contributed by atoms with Crippen LogP contribution in [-0.2, 0) is 20.7 Å². The van der Waals surface area contributed by atoms with E-state index in [-0.39, 0.29) is 12.5 Å². The molecular weight excluding hydrogens is 308 g/mol. The van der Waals surface area contributed by atoms with Gasteiger partial charge in [0, 0.05) is 26.1 Å². The molecule has 0 aromatic heterocycles. The molecule has 1 aromatic rings. The number of hydrogen-bond donors (Lipinski definition) is 1. The molecule has 0 saturated carbocycles. The van der Waals surface area contributed by atoms with Crippen molar-refractivity contribution in [3.8, 4) is 0 Å². The number of hydrogen-bond acceptors (Lipinski definition) is 5. The van der Waals surface area contributed by atoms with Gasteiger partial charge in [0.15, 0.2) is 0 Å². The molecule has 24 heavy (non-hydrogen) atoms. The van der Waals surface area contributed by atoms with Gasteiger partial charge in [-0.1, -0.05) is 30.3 Å². The Balaban J connectivity index is 1.62. The van der Waals surface area contributed by atoms with E-state index in [0.717, 1.165) is 18.7 Å². The Hall–Kier alpha value is -1.47. The van der Waals surface area contributed by atoms with E-state index in [4.69, 9.17) is 9.47 Å². The van der Waals surface area contributed by atoms with Gasteiger partial charge in [-0.15, -0.1) is 0 Å². The van der Waals surface area contributed by atoms with Crippen LogP contribution in [0.25, 0.3) is 0 Å². The lowest BCUT2D eigenvalue weighted by Gasteiger charge is -2.42. The largest absolute Gasteiger partial charge is 0.393 e. The lowest BCUT2D eigenvalue weighted by atomic mass is 9.93. The lowest BCUT2D eigenvalue weighted by molar-refractivity contribution is -0.159. The van der Waals surface area contributed by atoms with E-state index in [0.29, 0.717) is 45.9 Å². The van der Waals surface area contributed by atoms with E-state index in [9.17, 15) is 9.90 Å². The number of amides is 1. The van der Waals surface area contributed by atoms with Crippen LogP contribution in [0.15, 0.2) is 30.3 Å². The Morgan fingerprint density at radius 1 is 1.12 bits per heavy atom. The number of benzene rings is 1. The zero-order chi connectivity index (χ0) is 16.8. The van der Waals surface area contributed by atoms with E-state index >= 15 is 0 Å². The molecule has 2 aliphatic rings. The molecule has 0 radical (unpaired) electrons. The average Bonchev–Trinajstić information content (AvgIpc) is 2.63. The van der Waals surface area contributed by atoms with Gasteiger partial charge in [0.25, 0.3) is 0 Å². The SMILES string of the molecule is O=C(CN1CCOCC1)N1CCOC(CO)(Cc2ccccc2)C1. The third-order valence-corrected chi connectivity index (χ3v) is 4.72. The Kier molecular flexibility index (Phi) is 5.84. The van der Waals surface area contributed by atoms with Gasteiger partial charge in [0.1, 0.15) is 5.60 Å². The number of rotatable bonds is 5. The van der Waals surface area contributed by atoms with Crippen LogP contribution in [0, 0.1) is 0 Å². The number of ether oxygens (including phenoxy) is 2. The maximum Gasteiger partial charge on any atom is 0.236 e. The van der Waals surface area contributed by atoms with Gasteiger partial charge >= 0.3 is 0 Å². The highest BCUT2D eigenvalue weighted by Crippen LogP contribution is 2.23. The standard InChI is InChI=1S/C18H26N2O4/c21-15-18(12-16-4-2-1-3-5-16)14-20(8-11-24-18)17(22)13-19-6-9-23-10-7-19/h1-5,21H,6-15H2. The second kappa shape index (κ2) is 8.07. The summed E-state index contributed by atoms with van der Waals surface area (Å²) in [5.74, 6) is 0.103. The summed E-state index contributed by atoms with van der Waals surface area (Å²) in [6.45, 7) is 4.76. The Bertz CT molecular complexity index is 533. The lowest BCUT2D eigenvalue weighted by Crippen LogP contribution is -2.58. The minimum absolute atomic E-state index is 0.0940. The van der Waals surface area contributed by atoms with E-state index in [2.05, 4.69) is 4.90 Å². The van der Waals surface area contributed by atoms with Crippen LogP contribution in [-0.4, -0.2) is 85.6 Å². The highest BCUT2D eigenvalue weighted by molar-refractivity contribution is 5.78.